The highest BCUT2D eigenvalue weighted by Crippen LogP contribution is 2.15. The fraction of sp³-hybridized carbons (Fsp3) is 0.800. The van der Waals surface area contributed by atoms with E-state index in [0.29, 0.717) is 12.1 Å². The van der Waals surface area contributed by atoms with Crippen molar-refractivity contribution in [2.45, 2.75) is 44.9 Å². The summed E-state index contributed by atoms with van der Waals surface area (Å²) in [5, 5.41) is 17.5. The van der Waals surface area contributed by atoms with E-state index in [1.54, 1.807) is 10.9 Å². The van der Waals surface area contributed by atoms with Crippen molar-refractivity contribution in [1.29, 1.82) is 0 Å². The smallest absolute Gasteiger partial charge is 0.111 e. The molecule has 2 atom stereocenters. The Bertz CT molecular complexity index is 307. The Kier molecular flexibility index (Phi) is 3.33. The van der Waals surface area contributed by atoms with E-state index in [4.69, 9.17) is 4.74 Å². The van der Waals surface area contributed by atoms with Gasteiger partial charge in [0.2, 0.25) is 0 Å². The van der Waals surface area contributed by atoms with Crippen LogP contribution in [-0.4, -0.2) is 32.8 Å². The summed E-state index contributed by atoms with van der Waals surface area (Å²) < 4.78 is 7.26. The molecule has 1 aliphatic heterocycles. The third-order valence-corrected chi connectivity index (χ3v) is 2.70. The van der Waals surface area contributed by atoms with Crippen molar-refractivity contribution in [3.8, 4) is 0 Å². The Morgan fingerprint density at radius 3 is 3.27 bits per heavy atom. The minimum atomic E-state index is -0.497. The zero-order chi connectivity index (χ0) is 10.7. The highest BCUT2D eigenvalue weighted by molar-refractivity contribution is 4.96. The lowest BCUT2D eigenvalue weighted by Crippen LogP contribution is -2.15. The number of rotatable bonds is 4. The summed E-state index contributed by atoms with van der Waals surface area (Å²) in [4.78, 5) is 0. The Labute approximate surface area is 89.0 Å². The first-order chi connectivity index (χ1) is 7.29. The SMILES string of the molecule is CCC(O)c1cn(CC2CCCO2)nn1. The zero-order valence-corrected chi connectivity index (χ0v) is 8.96. The summed E-state index contributed by atoms with van der Waals surface area (Å²) in [5.74, 6) is 0. The molecule has 0 saturated carbocycles. The summed E-state index contributed by atoms with van der Waals surface area (Å²) in [6, 6.07) is 0. The molecule has 84 valence electrons. The number of hydrogen-bond acceptors (Lipinski definition) is 4. The van der Waals surface area contributed by atoms with Gasteiger partial charge in [0, 0.05) is 6.61 Å². The van der Waals surface area contributed by atoms with Crippen molar-refractivity contribution >= 4 is 0 Å². The molecule has 5 heteroatoms. The molecule has 2 rings (SSSR count). The Morgan fingerprint density at radius 2 is 2.60 bits per heavy atom. The van der Waals surface area contributed by atoms with Gasteiger partial charge in [-0.3, -0.25) is 0 Å². The van der Waals surface area contributed by atoms with Crippen LogP contribution in [0.25, 0.3) is 0 Å². The Balaban J connectivity index is 1.94. The van der Waals surface area contributed by atoms with Crippen LogP contribution in [0.1, 0.15) is 38.0 Å². The molecule has 0 bridgehead atoms. The van der Waals surface area contributed by atoms with Crippen LogP contribution in [0.3, 0.4) is 0 Å². The largest absolute Gasteiger partial charge is 0.387 e. The lowest BCUT2D eigenvalue weighted by atomic mass is 10.2. The average Bonchev–Trinajstić information content (AvgIpc) is 2.88. The molecule has 1 aromatic heterocycles. The minimum Gasteiger partial charge on any atom is -0.387 e. The quantitative estimate of drug-likeness (QED) is 0.803. The van der Waals surface area contributed by atoms with E-state index >= 15 is 0 Å². The molecule has 0 radical (unpaired) electrons. The summed E-state index contributed by atoms with van der Waals surface area (Å²) >= 11 is 0. The number of aromatic nitrogens is 3. The molecule has 2 heterocycles. The van der Waals surface area contributed by atoms with Crippen LogP contribution in [0.4, 0.5) is 0 Å². The van der Waals surface area contributed by atoms with E-state index in [-0.39, 0.29) is 6.10 Å². The van der Waals surface area contributed by atoms with Gasteiger partial charge >= 0.3 is 0 Å². The maximum absolute atomic E-state index is 9.56. The molecule has 5 nitrogen and oxygen atoms in total. The molecule has 1 saturated heterocycles. The first-order valence-corrected chi connectivity index (χ1v) is 5.49. The predicted molar refractivity (Wildman–Crippen MR) is 54.2 cm³/mol. The minimum absolute atomic E-state index is 0.262. The number of nitrogens with zero attached hydrogens (tertiary/aromatic N) is 3. The van der Waals surface area contributed by atoms with Crippen LogP contribution in [0.5, 0.6) is 0 Å². The lowest BCUT2D eigenvalue weighted by molar-refractivity contribution is 0.0934. The van der Waals surface area contributed by atoms with E-state index in [2.05, 4.69) is 10.3 Å². The van der Waals surface area contributed by atoms with Gasteiger partial charge in [-0.25, -0.2) is 4.68 Å². The van der Waals surface area contributed by atoms with Crippen LogP contribution in [0.15, 0.2) is 6.20 Å². The van der Waals surface area contributed by atoms with Gasteiger partial charge < -0.3 is 9.84 Å². The van der Waals surface area contributed by atoms with Crippen LogP contribution in [0.2, 0.25) is 0 Å². The molecular formula is C10H17N3O2. The Morgan fingerprint density at radius 1 is 1.73 bits per heavy atom. The van der Waals surface area contributed by atoms with Crippen molar-refractivity contribution < 1.29 is 9.84 Å². The molecule has 1 aromatic rings. The molecule has 1 N–H and O–H groups in total. The summed E-state index contributed by atoms with van der Waals surface area (Å²) in [5.41, 5.74) is 0.649. The maximum Gasteiger partial charge on any atom is 0.111 e. The summed E-state index contributed by atoms with van der Waals surface area (Å²) in [6.07, 6.45) is 4.45. The molecular weight excluding hydrogens is 194 g/mol. The van der Waals surface area contributed by atoms with Crippen LogP contribution >= 0.6 is 0 Å². The van der Waals surface area contributed by atoms with Gasteiger partial charge in [0.15, 0.2) is 0 Å². The number of aliphatic hydroxyl groups is 1. The summed E-state index contributed by atoms with van der Waals surface area (Å²) in [7, 11) is 0. The first kappa shape index (κ1) is 10.6. The second-order valence-corrected chi connectivity index (χ2v) is 3.92. The maximum atomic E-state index is 9.56. The van der Waals surface area contributed by atoms with Crippen LogP contribution in [0, 0.1) is 0 Å². The lowest BCUT2D eigenvalue weighted by Gasteiger charge is -2.07. The van der Waals surface area contributed by atoms with Gasteiger partial charge in [0.05, 0.1) is 24.9 Å². The van der Waals surface area contributed by atoms with Gasteiger partial charge in [-0.05, 0) is 19.3 Å². The normalized spacial score (nSPS) is 23.2. The Hall–Kier alpha value is -0.940. The molecule has 15 heavy (non-hydrogen) atoms. The van der Waals surface area contributed by atoms with E-state index in [0.717, 1.165) is 26.0 Å². The number of ether oxygens (including phenoxy) is 1. The standard InChI is InChI=1S/C10H17N3O2/c1-2-10(14)9-7-13(12-11-9)6-8-4-3-5-15-8/h7-8,10,14H,2-6H2,1H3. The average molecular weight is 211 g/mol. The third kappa shape index (κ3) is 2.54. The zero-order valence-electron chi connectivity index (χ0n) is 8.96. The van der Waals surface area contributed by atoms with Gasteiger partial charge in [0.1, 0.15) is 5.69 Å². The molecule has 0 aromatic carbocycles. The first-order valence-electron chi connectivity index (χ1n) is 5.49. The van der Waals surface area contributed by atoms with Crippen molar-refractivity contribution in [3.05, 3.63) is 11.9 Å². The van der Waals surface area contributed by atoms with E-state index < -0.39 is 6.10 Å². The fourth-order valence-corrected chi connectivity index (χ4v) is 1.76. The molecule has 1 aliphatic rings. The van der Waals surface area contributed by atoms with E-state index in [9.17, 15) is 5.11 Å². The molecule has 0 spiro atoms. The van der Waals surface area contributed by atoms with Crippen molar-refractivity contribution in [2.75, 3.05) is 6.61 Å². The van der Waals surface area contributed by atoms with E-state index in [1.807, 2.05) is 6.92 Å². The number of hydrogen-bond donors (Lipinski definition) is 1. The fourth-order valence-electron chi connectivity index (χ4n) is 1.76. The second-order valence-electron chi connectivity index (χ2n) is 3.92. The van der Waals surface area contributed by atoms with Gasteiger partial charge in [-0.15, -0.1) is 5.10 Å². The third-order valence-electron chi connectivity index (χ3n) is 2.70. The van der Waals surface area contributed by atoms with Crippen LogP contribution in [-0.2, 0) is 11.3 Å². The highest BCUT2D eigenvalue weighted by atomic mass is 16.5. The topological polar surface area (TPSA) is 60.2 Å². The van der Waals surface area contributed by atoms with Gasteiger partial charge in [-0.2, -0.15) is 0 Å². The molecule has 0 amide bonds. The molecule has 2 unspecified atom stereocenters. The predicted octanol–water partition coefficient (Wildman–Crippen LogP) is 0.900. The molecule has 1 fully saturated rings. The number of aliphatic hydroxyl groups excluding tert-OH is 1. The van der Waals surface area contributed by atoms with Crippen molar-refractivity contribution in [2.24, 2.45) is 0 Å². The van der Waals surface area contributed by atoms with Gasteiger partial charge in [-0.1, -0.05) is 12.1 Å². The monoisotopic (exact) mass is 211 g/mol. The highest BCUT2D eigenvalue weighted by Gasteiger charge is 2.17. The second kappa shape index (κ2) is 4.72. The summed E-state index contributed by atoms with van der Waals surface area (Å²) in [6.45, 7) is 3.51. The van der Waals surface area contributed by atoms with Crippen molar-refractivity contribution in [3.63, 3.8) is 0 Å². The van der Waals surface area contributed by atoms with Gasteiger partial charge in [0.25, 0.3) is 0 Å². The van der Waals surface area contributed by atoms with Crippen molar-refractivity contribution in [1.82, 2.24) is 15.0 Å². The van der Waals surface area contributed by atoms with E-state index in [1.165, 1.54) is 0 Å². The van der Waals surface area contributed by atoms with Crippen LogP contribution < -0.4 is 0 Å². The molecule has 0 aliphatic carbocycles.